The van der Waals surface area contributed by atoms with E-state index in [2.05, 4.69) is 4.99 Å². The number of ether oxygens (including phenoxy) is 1. The maximum atomic E-state index is 11.7. The molecule has 0 amide bonds. The van der Waals surface area contributed by atoms with Gasteiger partial charge in [0.25, 0.3) is 0 Å². The molecule has 0 aliphatic carbocycles. The van der Waals surface area contributed by atoms with Gasteiger partial charge in [0.05, 0.1) is 6.26 Å². The van der Waals surface area contributed by atoms with Crippen LogP contribution in [0.25, 0.3) is 6.08 Å². The quantitative estimate of drug-likeness (QED) is 0.639. The summed E-state index contributed by atoms with van der Waals surface area (Å²) < 4.78 is 10.3. The SMILES string of the molecule is O=C1OC(c2cccc(Cl)c2)=N/C1=C\C=C\c1ccco1. The average molecular weight is 300 g/mol. The highest BCUT2D eigenvalue weighted by Gasteiger charge is 2.23. The Kier molecular flexibility index (Phi) is 3.71. The number of esters is 1. The van der Waals surface area contributed by atoms with Crippen LogP contribution in [0.4, 0.5) is 0 Å². The molecule has 4 nitrogen and oxygen atoms in total. The van der Waals surface area contributed by atoms with Crippen molar-refractivity contribution in [3.05, 3.63) is 76.9 Å². The molecule has 1 aliphatic rings. The van der Waals surface area contributed by atoms with Crippen LogP contribution < -0.4 is 0 Å². The van der Waals surface area contributed by atoms with Gasteiger partial charge in [0.1, 0.15) is 5.76 Å². The molecule has 104 valence electrons. The van der Waals surface area contributed by atoms with Crippen molar-refractivity contribution < 1.29 is 13.9 Å². The van der Waals surface area contributed by atoms with E-state index in [1.165, 1.54) is 0 Å². The molecule has 0 saturated heterocycles. The third-order valence-electron chi connectivity index (χ3n) is 2.75. The van der Waals surface area contributed by atoms with E-state index in [0.29, 0.717) is 16.3 Å². The summed E-state index contributed by atoms with van der Waals surface area (Å²) >= 11 is 5.91. The summed E-state index contributed by atoms with van der Waals surface area (Å²) in [5.41, 5.74) is 0.891. The first-order chi connectivity index (χ1) is 10.2. The van der Waals surface area contributed by atoms with Gasteiger partial charge in [-0.1, -0.05) is 23.7 Å². The number of hydrogen-bond donors (Lipinski definition) is 0. The highest BCUT2D eigenvalue weighted by Crippen LogP contribution is 2.19. The lowest BCUT2D eigenvalue weighted by Gasteiger charge is -1.98. The number of carbonyl (C=O) groups is 1. The monoisotopic (exact) mass is 299 g/mol. The number of aliphatic imine (C=N–C) groups is 1. The number of furan rings is 1. The topological polar surface area (TPSA) is 51.8 Å². The third kappa shape index (κ3) is 3.12. The molecule has 0 radical (unpaired) electrons. The fraction of sp³-hybridized carbons (Fsp3) is 0. The van der Waals surface area contributed by atoms with Gasteiger partial charge in [0.2, 0.25) is 5.90 Å². The lowest BCUT2D eigenvalue weighted by atomic mass is 10.2. The van der Waals surface area contributed by atoms with E-state index < -0.39 is 5.97 Å². The van der Waals surface area contributed by atoms with Crippen molar-refractivity contribution in [1.29, 1.82) is 0 Å². The Bertz CT molecular complexity index is 758. The molecule has 0 atom stereocenters. The number of benzene rings is 1. The Balaban J connectivity index is 1.82. The van der Waals surface area contributed by atoms with Gasteiger partial charge in [0.15, 0.2) is 5.70 Å². The molecule has 0 saturated carbocycles. The van der Waals surface area contributed by atoms with Crippen LogP contribution in [0.3, 0.4) is 0 Å². The van der Waals surface area contributed by atoms with Crippen LogP contribution >= 0.6 is 11.6 Å². The van der Waals surface area contributed by atoms with Crippen LogP contribution in [0.2, 0.25) is 5.02 Å². The zero-order chi connectivity index (χ0) is 14.7. The van der Waals surface area contributed by atoms with Crippen LogP contribution in [0.5, 0.6) is 0 Å². The zero-order valence-corrected chi connectivity index (χ0v) is 11.6. The molecule has 0 fully saturated rings. The molecule has 3 rings (SSSR count). The number of halogens is 1. The molecule has 1 aromatic heterocycles. The van der Waals surface area contributed by atoms with Gasteiger partial charge in [-0.2, -0.15) is 0 Å². The summed E-state index contributed by atoms with van der Waals surface area (Å²) in [6.07, 6.45) is 6.56. The zero-order valence-electron chi connectivity index (χ0n) is 10.8. The van der Waals surface area contributed by atoms with Crippen molar-refractivity contribution >= 4 is 29.5 Å². The molecule has 21 heavy (non-hydrogen) atoms. The van der Waals surface area contributed by atoms with Crippen LogP contribution in [0.15, 0.2) is 69.9 Å². The number of cyclic esters (lactones) is 1. The molecule has 0 N–H and O–H groups in total. The number of allylic oxidation sites excluding steroid dienone is 2. The van der Waals surface area contributed by atoms with E-state index in [0.717, 1.165) is 0 Å². The highest BCUT2D eigenvalue weighted by molar-refractivity contribution is 6.31. The minimum Gasteiger partial charge on any atom is -0.465 e. The standard InChI is InChI=1S/C16H10ClNO3/c17-12-5-1-4-11(10-12)15-18-14(16(19)21-15)8-2-6-13-7-3-9-20-13/h1-10H/b6-2+,14-8-. The largest absolute Gasteiger partial charge is 0.465 e. The Morgan fingerprint density at radius 2 is 2.10 bits per heavy atom. The second kappa shape index (κ2) is 5.81. The fourth-order valence-electron chi connectivity index (χ4n) is 1.79. The van der Waals surface area contributed by atoms with Crippen molar-refractivity contribution in [3.8, 4) is 0 Å². The Labute approximate surface area is 126 Å². The van der Waals surface area contributed by atoms with Crippen molar-refractivity contribution in [1.82, 2.24) is 0 Å². The van der Waals surface area contributed by atoms with E-state index in [-0.39, 0.29) is 11.6 Å². The molecule has 5 heteroatoms. The molecule has 2 heterocycles. The van der Waals surface area contributed by atoms with Gasteiger partial charge in [-0.3, -0.25) is 0 Å². The molecular formula is C16H10ClNO3. The first-order valence-electron chi connectivity index (χ1n) is 6.21. The highest BCUT2D eigenvalue weighted by atomic mass is 35.5. The predicted molar refractivity (Wildman–Crippen MR) is 79.9 cm³/mol. The smallest absolute Gasteiger partial charge is 0.363 e. The van der Waals surface area contributed by atoms with Crippen molar-refractivity contribution in [3.63, 3.8) is 0 Å². The summed E-state index contributed by atoms with van der Waals surface area (Å²) in [6, 6.07) is 10.6. The number of nitrogens with zero attached hydrogens (tertiary/aromatic N) is 1. The lowest BCUT2D eigenvalue weighted by Crippen LogP contribution is -2.05. The summed E-state index contributed by atoms with van der Waals surface area (Å²) in [4.78, 5) is 15.9. The van der Waals surface area contributed by atoms with Gasteiger partial charge in [-0.25, -0.2) is 9.79 Å². The molecule has 0 unspecified atom stereocenters. The van der Waals surface area contributed by atoms with Gasteiger partial charge in [0, 0.05) is 10.6 Å². The van der Waals surface area contributed by atoms with Gasteiger partial charge in [-0.05, 0) is 42.5 Å². The maximum Gasteiger partial charge on any atom is 0.363 e. The van der Waals surface area contributed by atoms with Gasteiger partial charge < -0.3 is 9.15 Å². The molecule has 0 spiro atoms. The van der Waals surface area contributed by atoms with E-state index in [9.17, 15) is 4.79 Å². The maximum absolute atomic E-state index is 11.7. The Morgan fingerprint density at radius 3 is 2.86 bits per heavy atom. The number of rotatable bonds is 3. The molecule has 1 aliphatic heterocycles. The molecular weight excluding hydrogens is 290 g/mol. The Hall–Kier alpha value is -2.59. The second-order valence-electron chi connectivity index (χ2n) is 4.24. The average Bonchev–Trinajstić information content (AvgIpc) is 3.10. The Morgan fingerprint density at radius 1 is 1.19 bits per heavy atom. The summed E-state index contributed by atoms with van der Waals surface area (Å²) in [5.74, 6) is 0.450. The van der Waals surface area contributed by atoms with Crippen LogP contribution in [0, 0.1) is 0 Å². The van der Waals surface area contributed by atoms with Gasteiger partial charge in [-0.15, -0.1) is 0 Å². The normalized spacial score (nSPS) is 16.5. The predicted octanol–water partition coefficient (Wildman–Crippen LogP) is 3.83. The first-order valence-corrected chi connectivity index (χ1v) is 6.59. The van der Waals surface area contributed by atoms with Crippen molar-refractivity contribution in [2.24, 2.45) is 4.99 Å². The number of carbonyl (C=O) groups excluding carboxylic acids is 1. The van der Waals surface area contributed by atoms with Crippen LogP contribution in [-0.4, -0.2) is 11.9 Å². The third-order valence-corrected chi connectivity index (χ3v) is 2.98. The summed E-state index contributed by atoms with van der Waals surface area (Å²) in [6.45, 7) is 0. The second-order valence-corrected chi connectivity index (χ2v) is 4.68. The van der Waals surface area contributed by atoms with Crippen molar-refractivity contribution in [2.75, 3.05) is 0 Å². The molecule has 1 aromatic carbocycles. The van der Waals surface area contributed by atoms with Crippen LogP contribution in [-0.2, 0) is 9.53 Å². The van der Waals surface area contributed by atoms with Crippen molar-refractivity contribution in [2.45, 2.75) is 0 Å². The summed E-state index contributed by atoms with van der Waals surface area (Å²) in [5, 5.41) is 0.557. The van der Waals surface area contributed by atoms with E-state index >= 15 is 0 Å². The van der Waals surface area contributed by atoms with Crippen LogP contribution in [0.1, 0.15) is 11.3 Å². The fourth-order valence-corrected chi connectivity index (χ4v) is 1.98. The first kappa shape index (κ1) is 13.4. The number of hydrogen-bond acceptors (Lipinski definition) is 4. The molecule has 2 aromatic rings. The summed E-state index contributed by atoms with van der Waals surface area (Å²) in [7, 11) is 0. The van der Waals surface area contributed by atoms with Gasteiger partial charge >= 0.3 is 5.97 Å². The van der Waals surface area contributed by atoms with E-state index in [1.54, 1.807) is 54.8 Å². The molecule has 0 bridgehead atoms. The lowest BCUT2D eigenvalue weighted by molar-refractivity contribution is -0.130. The van der Waals surface area contributed by atoms with E-state index in [1.807, 2.05) is 6.07 Å². The van der Waals surface area contributed by atoms with E-state index in [4.69, 9.17) is 20.8 Å². The minimum absolute atomic E-state index is 0.229. The minimum atomic E-state index is -0.492.